The minimum absolute atomic E-state index is 0.341. The van der Waals surface area contributed by atoms with Crippen LogP contribution in [0.2, 0.25) is 0 Å². The lowest BCUT2D eigenvalue weighted by Crippen LogP contribution is -2.36. The van der Waals surface area contributed by atoms with Crippen LogP contribution in [0, 0.1) is 0 Å². The van der Waals surface area contributed by atoms with Crippen LogP contribution in [-0.4, -0.2) is 60.6 Å². The highest BCUT2D eigenvalue weighted by Crippen LogP contribution is 2.20. The van der Waals surface area contributed by atoms with Gasteiger partial charge in [-0.05, 0) is 6.07 Å². The van der Waals surface area contributed by atoms with Crippen LogP contribution in [0.1, 0.15) is 10.4 Å². The van der Waals surface area contributed by atoms with E-state index in [2.05, 4.69) is 19.9 Å². The number of anilines is 2. The van der Waals surface area contributed by atoms with E-state index in [1.165, 1.54) is 18.6 Å². The fourth-order valence-corrected chi connectivity index (χ4v) is 3.04. The normalized spacial score (nSPS) is 15.8. The Morgan fingerprint density at radius 2 is 2.30 bits per heavy atom. The van der Waals surface area contributed by atoms with E-state index in [1.807, 2.05) is 11.8 Å². The van der Waals surface area contributed by atoms with Crippen LogP contribution in [0.15, 0.2) is 12.3 Å². The molecule has 1 saturated heterocycles. The third-order valence-corrected chi connectivity index (χ3v) is 4.16. The first-order valence-electron chi connectivity index (χ1n) is 6.59. The van der Waals surface area contributed by atoms with Gasteiger partial charge in [0, 0.05) is 43.9 Å². The van der Waals surface area contributed by atoms with Gasteiger partial charge in [-0.15, -0.1) is 0 Å². The number of aromatic nitrogens is 1. The molecule has 7 heteroatoms. The largest absolute Gasteiger partial charge is 0.465 e. The van der Waals surface area contributed by atoms with Gasteiger partial charge in [0.1, 0.15) is 5.82 Å². The van der Waals surface area contributed by atoms with Gasteiger partial charge in [0.2, 0.25) is 0 Å². The van der Waals surface area contributed by atoms with Crippen molar-refractivity contribution in [3.8, 4) is 0 Å². The number of hydrogen-bond acceptors (Lipinski definition) is 7. The molecule has 0 unspecified atom stereocenters. The molecular formula is C13H20N4O2S. The molecular weight excluding hydrogens is 276 g/mol. The first-order chi connectivity index (χ1) is 9.72. The molecule has 0 aromatic carbocycles. The average molecular weight is 296 g/mol. The van der Waals surface area contributed by atoms with Crippen LogP contribution in [0.25, 0.3) is 0 Å². The Kier molecular flexibility index (Phi) is 5.49. The first-order valence-corrected chi connectivity index (χ1v) is 7.74. The average Bonchev–Trinajstić information content (AvgIpc) is 2.49. The van der Waals surface area contributed by atoms with Gasteiger partial charge in [0.25, 0.3) is 0 Å². The molecule has 1 aliphatic heterocycles. The number of ether oxygens (including phenoxy) is 1. The molecule has 1 aliphatic rings. The molecule has 20 heavy (non-hydrogen) atoms. The summed E-state index contributed by atoms with van der Waals surface area (Å²) in [5.41, 5.74) is 6.62. The molecule has 0 amide bonds. The molecule has 2 heterocycles. The van der Waals surface area contributed by atoms with Gasteiger partial charge in [0.05, 0.1) is 18.4 Å². The summed E-state index contributed by atoms with van der Waals surface area (Å²) < 4.78 is 4.69. The zero-order valence-corrected chi connectivity index (χ0v) is 12.4. The Labute approximate surface area is 123 Å². The van der Waals surface area contributed by atoms with Crippen molar-refractivity contribution in [2.75, 3.05) is 55.8 Å². The summed E-state index contributed by atoms with van der Waals surface area (Å²) in [6.07, 6.45) is 1.56. The maximum atomic E-state index is 11.5. The number of esters is 1. The Morgan fingerprint density at radius 1 is 1.55 bits per heavy atom. The minimum Gasteiger partial charge on any atom is -0.465 e. The third kappa shape index (κ3) is 3.77. The van der Waals surface area contributed by atoms with Crippen LogP contribution < -0.4 is 11.1 Å². The summed E-state index contributed by atoms with van der Waals surface area (Å²) >= 11 is 1.99. The van der Waals surface area contributed by atoms with Crippen molar-refractivity contribution in [1.82, 2.24) is 9.88 Å². The quantitative estimate of drug-likeness (QED) is 0.782. The molecule has 3 N–H and O–H groups in total. The number of nitrogens with zero attached hydrogens (tertiary/aromatic N) is 2. The van der Waals surface area contributed by atoms with Crippen molar-refractivity contribution in [3.05, 3.63) is 17.8 Å². The maximum Gasteiger partial charge on any atom is 0.340 e. The molecule has 6 nitrogen and oxygen atoms in total. The number of carbonyl (C=O) groups excluding carboxylic acids is 1. The molecule has 0 saturated carbocycles. The number of pyridine rings is 1. The highest BCUT2D eigenvalue weighted by molar-refractivity contribution is 7.99. The van der Waals surface area contributed by atoms with Gasteiger partial charge in [0.15, 0.2) is 0 Å². The topological polar surface area (TPSA) is 80.5 Å². The summed E-state index contributed by atoms with van der Waals surface area (Å²) in [5.74, 6) is 2.48. The zero-order chi connectivity index (χ0) is 14.4. The molecule has 0 spiro atoms. The number of nitrogens with one attached hydrogen (secondary N) is 1. The Balaban J connectivity index is 1.90. The summed E-state index contributed by atoms with van der Waals surface area (Å²) in [4.78, 5) is 18.1. The number of hydrogen-bond donors (Lipinski definition) is 2. The van der Waals surface area contributed by atoms with Crippen molar-refractivity contribution < 1.29 is 9.53 Å². The van der Waals surface area contributed by atoms with Crippen molar-refractivity contribution >= 4 is 29.2 Å². The van der Waals surface area contributed by atoms with Crippen LogP contribution in [0.5, 0.6) is 0 Å². The Bertz CT molecular complexity index is 464. The van der Waals surface area contributed by atoms with E-state index in [-0.39, 0.29) is 0 Å². The minimum atomic E-state index is -0.444. The number of rotatable bonds is 5. The highest BCUT2D eigenvalue weighted by atomic mass is 32.2. The Hall–Kier alpha value is -1.47. The van der Waals surface area contributed by atoms with E-state index in [0.29, 0.717) is 17.1 Å². The number of thioether (sulfide) groups is 1. The van der Waals surface area contributed by atoms with Crippen LogP contribution in [0.4, 0.5) is 11.5 Å². The van der Waals surface area contributed by atoms with E-state index in [1.54, 1.807) is 12.3 Å². The molecule has 1 fully saturated rings. The van der Waals surface area contributed by atoms with Gasteiger partial charge >= 0.3 is 5.97 Å². The molecule has 0 radical (unpaired) electrons. The SMILES string of the molecule is COC(=O)c1ccnc(NCCN2CCSCC2)c1N. The molecule has 110 valence electrons. The Morgan fingerprint density at radius 3 is 3.00 bits per heavy atom. The first kappa shape index (κ1) is 14.9. The number of methoxy groups -OCH3 is 1. The highest BCUT2D eigenvalue weighted by Gasteiger charge is 2.14. The van der Waals surface area contributed by atoms with Crippen LogP contribution in [-0.2, 0) is 4.74 Å². The number of nitrogen functional groups attached to an aromatic ring is 1. The second-order valence-corrected chi connectivity index (χ2v) is 5.72. The number of nitrogens with two attached hydrogens (primary N) is 1. The smallest absolute Gasteiger partial charge is 0.340 e. The predicted octanol–water partition coefficient (Wildman–Crippen LogP) is 0.911. The zero-order valence-electron chi connectivity index (χ0n) is 11.6. The van der Waals surface area contributed by atoms with E-state index < -0.39 is 5.97 Å². The second kappa shape index (κ2) is 7.35. The third-order valence-electron chi connectivity index (χ3n) is 3.22. The number of carbonyl (C=O) groups is 1. The van der Waals surface area contributed by atoms with Gasteiger partial charge in [-0.2, -0.15) is 11.8 Å². The molecule has 0 aliphatic carbocycles. The van der Waals surface area contributed by atoms with Crippen molar-refractivity contribution in [1.29, 1.82) is 0 Å². The maximum absolute atomic E-state index is 11.5. The predicted molar refractivity (Wildman–Crippen MR) is 82.2 cm³/mol. The summed E-state index contributed by atoms with van der Waals surface area (Å²) in [6, 6.07) is 1.56. The monoisotopic (exact) mass is 296 g/mol. The standard InChI is InChI=1S/C13H20N4O2S/c1-19-13(18)10-2-3-15-12(11(10)14)16-4-5-17-6-8-20-9-7-17/h2-3H,4-9,14H2,1H3,(H,15,16). The van der Waals surface area contributed by atoms with Gasteiger partial charge in [-0.1, -0.05) is 0 Å². The van der Waals surface area contributed by atoms with E-state index in [9.17, 15) is 4.79 Å². The van der Waals surface area contributed by atoms with Gasteiger partial charge in [-0.3, -0.25) is 4.90 Å². The van der Waals surface area contributed by atoms with Crippen molar-refractivity contribution in [3.63, 3.8) is 0 Å². The van der Waals surface area contributed by atoms with Gasteiger partial charge in [-0.25, -0.2) is 9.78 Å². The van der Waals surface area contributed by atoms with E-state index in [0.717, 1.165) is 26.2 Å². The van der Waals surface area contributed by atoms with Crippen LogP contribution in [0.3, 0.4) is 0 Å². The van der Waals surface area contributed by atoms with E-state index >= 15 is 0 Å². The van der Waals surface area contributed by atoms with Crippen molar-refractivity contribution in [2.45, 2.75) is 0 Å². The van der Waals surface area contributed by atoms with Crippen LogP contribution >= 0.6 is 11.8 Å². The summed E-state index contributed by atoms with van der Waals surface area (Å²) in [6.45, 7) is 3.95. The lowest BCUT2D eigenvalue weighted by Gasteiger charge is -2.26. The molecule has 0 atom stereocenters. The summed E-state index contributed by atoms with van der Waals surface area (Å²) in [7, 11) is 1.34. The fourth-order valence-electron chi connectivity index (χ4n) is 2.06. The molecule has 1 aromatic rings. The summed E-state index contributed by atoms with van der Waals surface area (Å²) in [5, 5.41) is 3.19. The molecule has 0 bridgehead atoms. The van der Waals surface area contributed by atoms with E-state index in [4.69, 9.17) is 5.73 Å². The lowest BCUT2D eigenvalue weighted by molar-refractivity contribution is 0.0602. The molecule has 2 rings (SSSR count). The molecule has 1 aromatic heterocycles. The van der Waals surface area contributed by atoms with Crippen molar-refractivity contribution in [2.24, 2.45) is 0 Å². The second-order valence-electron chi connectivity index (χ2n) is 4.49. The van der Waals surface area contributed by atoms with Gasteiger partial charge < -0.3 is 15.8 Å². The fraction of sp³-hybridized carbons (Fsp3) is 0.538. The lowest BCUT2D eigenvalue weighted by atomic mass is 10.2.